The van der Waals surface area contributed by atoms with Crippen LogP contribution < -0.4 is 0 Å². The highest BCUT2D eigenvalue weighted by Crippen LogP contribution is 2.73. The van der Waals surface area contributed by atoms with Crippen LogP contribution in [0.1, 0.15) is 113 Å². The molecule has 0 N–H and O–H groups in total. The fraction of sp³-hybridized carbons (Fsp3) is 0.867. The van der Waals surface area contributed by atoms with Crippen molar-refractivity contribution in [3.63, 3.8) is 0 Å². The van der Waals surface area contributed by atoms with Crippen LogP contribution in [0.25, 0.3) is 0 Å². The van der Waals surface area contributed by atoms with Crippen molar-refractivity contribution in [3.05, 3.63) is 11.6 Å². The maximum absolute atomic E-state index is 12.8. The van der Waals surface area contributed by atoms with Gasteiger partial charge in [0.15, 0.2) is 0 Å². The molecule has 3 fully saturated rings. The molecule has 4 aliphatic rings. The summed E-state index contributed by atoms with van der Waals surface area (Å²) < 4.78 is 0. The lowest BCUT2D eigenvalue weighted by atomic mass is 9.41. The van der Waals surface area contributed by atoms with Crippen LogP contribution in [0.15, 0.2) is 11.6 Å². The van der Waals surface area contributed by atoms with E-state index in [0.29, 0.717) is 41.2 Å². The maximum atomic E-state index is 12.8. The van der Waals surface area contributed by atoms with Gasteiger partial charge in [0.2, 0.25) is 0 Å². The van der Waals surface area contributed by atoms with E-state index in [1.54, 1.807) is 5.57 Å². The predicted octanol–water partition coefficient (Wildman–Crippen LogP) is 7.80. The third kappa shape index (κ3) is 3.32. The zero-order chi connectivity index (χ0) is 23.7. The molecule has 2 nitrogen and oxygen atoms in total. The Balaban J connectivity index is 1.62. The number of fused-ring (bicyclic) bond motifs is 5. The topological polar surface area (TPSA) is 34.1 Å². The minimum absolute atomic E-state index is 0.194. The van der Waals surface area contributed by atoms with Crippen LogP contribution in [0.2, 0.25) is 0 Å². The summed E-state index contributed by atoms with van der Waals surface area (Å²) in [6.07, 6.45) is 12.0. The Morgan fingerprint density at radius 3 is 2.34 bits per heavy atom. The second kappa shape index (κ2) is 7.81. The molecule has 3 saturated carbocycles. The quantitative estimate of drug-likeness (QED) is 0.409. The number of ketones is 2. The van der Waals surface area contributed by atoms with Crippen molar-refractivity contribution in [2.24, 2.45) is 51.2 Å². The summed E-state index contributed by atoms with van der Waals surface area (Å²) in [5.74, 6) is 3.61. The summed E-state index contributed by atoms with van der Waals surface area (Å²) in [5, 5.41) is 0. The lowest BCUT2D eigenvalue weighted by molar-refractivity contribution is -0.146. The number of hydrogen-bond acceptors (Lipinski definition) is 2. The molecule has 2 heteroatoms. The summed E-state index contributed by atoms with van der Waals surface area (Å²) in [6.45, 7) is 18.7. The summed E-state index contributed by atoms with van der Waals surface area (Å²) in [5.41, 5.74) is 2.33. The zero-order valence-corrected chi connectivity index (χ0v) is 22.1. The van der Waals surface area contributed by atoms with Crippen LogP contribution in [-0.4, -0.2) is 11.6 Å². The van der Waals surface area contributed by atoms with Crippen LogP contribution >= 0.6 is 0 Å². The molecule has 0 amide bonds. The number of rotatable bonds is 5. The van der Waals surface area contributed by atoms with Crippen molar-refractivity contribution in [1.82, 2.24) is 0 Å². The van der Waals surface area contributed by atoms with Gasteiger partial charge in [0.05, 0.1) is 0 Å². The van der Waals surface area contributed by atoms with Gasteiger partial charge in [-0.25, -0.2) is 0 Å². The van der Waals surface area contributed by atoms with E-state index in [1.807, 2.05) is 0 Å². The number of hydrogen-bond donors (Lipinski definition) is 0. The standard InChI is InChI=1S/C30H48O2/c1-19(2)17-21(31)18-20(3)22-11-15-30(8)24-9-10-25-27(4,5)26(32)13-14-28(25,6)23(24)12-16-29(22,30)7/h9,19-20,22-23,25H,10-18H2,1-8H3/t20-,22-,23+,25+,28-,29-,30+/m1/s1. The van der Waals surface area contributed by atoms with Crippen molar-refractivity contribution in [1.29, 1.82) is 0 Å². The molecule has 7 atom stereocenters. The average Bonchev–Trinajstić information content (AvgIpc) is 2.96. The molecule has 0 aromatic heterocycles. The first-order chi connectivity index (χ1) is 14.8. The van der Waals surface area contributed by atoms with Gasteiger partial charge in [-0.05, 0) is 84.4 Å². The van der Waals surface area contributed by atoms with Gasteiger partial charge in [0, 0.05) is 24.7 Å². The Hall–Kier alpha value is -0.920. The molecule has 0 aromatic rings. The SMILES string of the molecule is CC(C)CC(=O)C[C@@H](C)[C@H]1CC[C@@]2(C)C3=CC[C@H]4C(C)(C)C(=O)CC[C@]4(C)[C@H]3CC[C@]12C. The third-order valence-electron chi connectivity index (χ3n) is 11.5. The summed E-state index contributed by atoms with van der Waals surface area (Å²) in [6, 6.07) is 0. The summed E-state index contributed by atoms with van der Waals surface area (Å²) in [7, 11) is 0. The van der Waals surface area contributed by atoms with Crippen molar-refractivity contribution in [3.8, 4) is 0 Å². The van der Waals surface area contributed by atoms with Gasteiger partial charge in [-0.3, -0.25) is 9.59 Å². The van der Waals surface area contributed by atoms with Gasteiger partial charge in [-0.2, -0.15) is 0 Å². The van der Waals surface area contributed by atoms with Crippen LogP contribution in [0.4, 0.5) is 0 Å². The van der Waals surface area contributed by atoms with Crippen molar-refractivity contribution >= 4 is 11.6 Å². The van der Waals surface area contributed by atoms with Crippen LogP contribution in [0.5, 0.6) is 0 Å². The molecule has 0 radical (unpaired) electrons. The molecule has 0 spiro atoms. The number of carbonyl (C=O) groups excluding carboxylic acids is 2. The molecular weight excluding hydrogens is 392 g/mol. The van der Waals surface area contributed by atoms with Crippen molar-refractivity contribution < 1.29 is 9.59 Å². The second-order valence-corrected chi connectivity index (χ2v) is 13.9. The Labute approximate surface area is 197 Å². The van der Waals surface area contributed by atoms with E-state index >= 15 is 0 Å². The van der Waals surface area contributed by atoms with Gasteiger partial charge >= 0.3 is 0 Å². The first kappa shape index (κ1) is 24.2. The highest BCUT2D eigenvalue weighted by atomic mass is 16.1. The molecule has 0 heterocycles. The Morgan fingerprint density at radius 1 is 1.00 bits per heavy atom. The fourth-order valence-electron chi connectivity index (χ4n) is 9.51. The minimum atomic E-state index is -0.194. The normalized spacial score (nSPS) is 43.8. The fourth-order valence-corrected chi connectivity index (χ4v) is 9.51. The molecular formula is C30H48O2. The molecule has 0 unspecified atom stereocenters. The Bertz CT molecular complexity index is 819. The third-order valence-corrected chi connectivity index (χ3v) is 11.5. The first-order valence-electron chi connectivity index (χ1n) is 13.5. The number of Topliss-reactive ketones (excluding diaryl/α,β-unsaturated/α-hetero) is 2. The monoisotopic (exact) mass is 440 g/mol. The maximum Gasteiger partial charge on any atom is 0.138 e. The van der Waals surface area contributed by atoms with Gasteiger partial charge in [0.1, 0.15) is 11.6 Å². The van der Waals surface area contributed by atoms with Crippen LogP contribution in [0.3, 0.4) is 0 Å². The van der Waals surface area contributed by atoms with E-state index in [2.05, 4.69) is 61.5 Å². The zero-order valence-electron chi connectivity index (χ0n) is 22.1. The largest absolute Gasteiger partial charge is 0.300 e. The lowest BCUT2D eigenvalue weighted by Crippen LogP contribution is -2.57. The molecule has 4 aliphatic carbocycles. The molecule has 0 aliphatic heterocycles. The van der Waals surface area contributed by atoms with Crippen LogP contribution in [-0.2, 0) is 9.59 Å². The van der Waals surface area contributed by atoms with E-state index in [-0.39, 0.29) is 21.7 Å². The van der Waals surface area contributed by atoms with E-state index in [1.165, 1.54) is 25.7 Å². The van der Waals surface area contributed by atoms with E-state index in [9.17, 15) is 9.59 Å². The predicted molar refractivity (Wildman–Crippen MR) is 132 cm³/mol. The molecule has 180 valence electrons. The molecule has 0 saturated heterocycles. The number of allylic oxidation sites excluding steroid dienone is 2. The van der Waals surface area contributed by atoms with Crippen molar-refractivity contribution in [2.45, 2.75) is 113 Å². The Morgan fingerprint density at radius 2 is 1.69 bits per heavy atom. The van der Waals surface area contributed by atoms with Crippen molar-refractivity contribution in [2.75, 3.05) is 0 Å². The molecule has 4 rings (SSSR count). The van der Waals surface area contributed by atoms with Crippen LogP contribution in [0, 0.1) is 51.2 Å². The highest BCUT2D eigenvalue weighted by molar-refractivity contribution is 5.85. The van der Waals surface area contributed by atoms with Gasteiger partial charge in [-0.1, -0.05) is 67.0 Å². The minimum Gasteiger partial charge on any atom is -0.300 e. The van der Waals surface area contributed by atoms with E-state index < -0.39 is 0 Å². The second-order valence-electron chi connectivity index (χ2n) is 13.9. The molecule has 32 heavy (non-hydrogen) atoms. The molecule has 0 aromatic carbocycles. The Kier molecular flexibility index (Phi) is 5.91. The average molecular weight is 441 g/mol. The first-order valence-corrected chi connectivity index (χ1v) is 13.5. The van der Waals surface area contributed by atoms with Gasteiger partial charge < -0.3 is 0 Å². The molecule has 0 bridgehead atoms. The summed E-state index contributed by atoms with van der Waals surface area (Å²) >= 11 is 0. The van der Waals surface area contributed by atoms with Gasteiger partial charge in [0.25, 0.3) is 0 Å². The summed E-state index contributed by atoms with van der Waals surface area (Å²) in [4.78, 5) is 25.4. The van der Waals surface area contributed by atoms with E-state index in [0.717, 1.165) is 32.1 Å². The van der Waals surface area contributed by atoms with E-state index in [4.69, 9.17) is 0 Å². The number of carbonyl (C=O) groups is 2. The lowest BCUT2D eigenvalue weighted by Gasteiger charge is -2.63. The van der Waals surface area contributed by atoms with Gasteiger partial charge in [-0.15, -0.1) is 0 Å². The highest BCUT2D eigenvalue weighted by Gasteiger charge is 2.65. The smallest absolute Gasteiger partial charge is 0.138 e.